The van der Waals surface area contributed by atoms with Crippen molar-refractivity contribution in [1.29, 1.82) is 0 Å². The summed E-state index contributed by atoms with van der Waals surface area (Å²) in [7, 11) is 2.15. The van der Waals surface area contributed by atoms with Gasteiger partial charge in [-0.15, -0.1) is 0 Å². The monoisotopic (exact) mass is 303 g/mol. The lowest BCUT2D eigenvalue weighted by atomic mass is 10.1. The van der Waals surface area contributed by atoms with Crippen molar-refractivity contribution in [3.05, 3.63) is 16.1 Å². The Labute approximate surface area is 123 Å². The first-order valence-electron chi connectivity index (χ1n) is 6.34. The second-order valence-electron chi connectivity index (χ2n) is 4.76. The molecule has 0 radical (unpaired) electrons. The van der Waals surface area contributed by atoms with Crippen molar-refractivity contribution in [2.45, 2.75) is 19.4 Å². The highest BCUT2D eigenvalue weighted by Gasteiger charge is 2.25. The zero-order chi connectivity index (χ0) is 14.0. The van der Waals surface area contributed by atoms with Crippen LogP contribution in [0, 0.1) is 0 Å². The van der Waals surface area contributed by atoms with Crippen LogP contribution >= 0.6 is 23.2 Å². The van der Waals surface area contributed by atoms with E-state index in [0.29, 0.717) is 21.9 Å². The molecule has 0 aliphatic carbocycles. The summed E-state index contributed by atoms with van der Waals surface area (Å²) in [5.74, 6) is 6.60. The second kappa shape index (κ2) is 6.13. The Morgan fingerprint density at radius 2 is 2.16 bits per heavy atom. The summed E-state index contributed by atoms with van der Waals surface area (Å²) in [6.45, 7) is 4.98. The van der Waals surface area contributed by atoms with Gasteiger partial charge in [0.1, 0.15) is 5.82 Å². The van der Waals surface area contributed by atoms with Gasteiger partial charge in [-0.05, 0) is 19.5 Å². The molecule has 0 aromatic carbocycles. The summed E-state index contributed by atoms with van der Waals surface area (Å²) < 4.78 is 0. The summed E-state index contributed by atoms with van der Waals surface area (Å²) in [6.07, 6.45) is 1.10. The fourth-order valence-electron chi connectivity index (χ4n) is 2.36. The maximum Gasteiger partial charge on any atom is 0.161 e. The van der Waals surface area contributed by atoms with Gasteiger partial charge in [0.25, 0.3) is 0 Å². The molecule has 1 aromatic heterocycles. The molecular weight excluding hydrogens is 285 g/mol. The molecule has 1 aliphatic rings. The number of nitrogens with zero attached hydrogens (tertiary/aromatic N) is 3. The number of pyridine rings is 1. The molecule has 0 amide bonds. The summed E-state index contributed by atoms with van der Waals surface area (Å²) >= 11 is 12.3. The Bertz CT molecular complexity index is 454. The Kier molecular flexibility index (Phi) is 4.73. The van der Waals surface area contributed by atoms with Crippen LogP contribution in [0.4, 0.5) is 11.6 Å². The average molecular weight is 304 g/mol. The number of aromatic nitrogens is 1. The smallest absolute Gasteiger partial charge is 0.161 e. The number of nitrogens with two attached hydrogens (primary N) is 1. The van der Waals surface area contributed by atoms with Gasteiger partial charge in [-0.3, -0.25) is 4.90 Å². The van der Waals surface area contributed by atoms with Crippen molar-refractivity contribution in [3.8, 4) is 0 Å². The molecule has 7 heteroatoms. The van der Waals surface area contributed by atoms with Crippen LogP contribution in [-0.4, -0.2) is 42.6 Å². The summed E-state index contributed by atoms with van der Waals surface area (Å²) in [4.78, 5) is 8.97. The van der Waals surface area contributed by atoms with E-state index >= 15 is 0 Å². The maximum atomic E-state index is 6.25. The molecule has 1 saturated heterocycles. The SMILES string of the molecule is CCC1CN(c2nc(NN)c(Cl)cc2Cl)CCN1C. The van der Waals surface area contributed by atoms with Gasteiger partial charge in [0.05, 0.1) is 10.0 Å². The van der Waals surface area contributed by atoms with Gasteiger partial charge < -0.3 is 10.3 Å². The first-order valence-corrected chi connectivity index (χ1v) is 7.10. The normalized spacial score (nSPS) is 20.7. The van der Waals surface area contributed by atoms with Crippen LogP contribution in [0.1, 0.15) is 13.3 Å². The van der Waals surface area contributed by atoms with Crippen LogP contribution in [0.3, 0.4) is 0 Å². The lowest BCUT2D eigenvalue weighted by Gasteiger charge is -2.40. The highest BCUT2D eigenvalue weighted by molar-refractivity contribution is 6.37. The Balaban J connectivity index is 2.26. The van der Waals surface area contributed by atoms with Gasteiger partial charge in [0, 0.05) is 25.7 Å². The number of nitrogen functional groups attached to an aromatic ring is 1. The van der Waals surface area contributed by atoms with Crippen molar-refractivity contribution in [2.24, 2.45) is 5.84 Å². The zero-order valence-electron chi connectivity index (χ0n) is 11.2. The highest BCUT2D eigenvalue weighted by atomic mass is 35.5. The third kappa shape index (κ3) is 3.05. The number of halogens is 2. The molecule has 2 rings (SSSR count). The van der Waals surface area contributed by atoms with E-state index < -0.39 is 0 Å². The molecule has 5 nitrogen and oxygen atoms in total. The van der Waals surface area contributed by atoms with Crippen LogP contribution in [-0.2, 0) is 0 Å². The molecule has 0 bridgehead atoms. The highest BCUT2D eigenvalue weighted by Crippen LogP contribution is 2.32. The first-order chi connectivity index (χ1) is 9.06. The first kappa shape index (κ1) is 14.7. The van der Waals surface area contributed by atoms with Crippen LogP contribution in [0.15, 0.2) is 6.07 Å². The standard InChI is InChI=1S/C12H19Cl2N5/c1-3-8-7-19(5-4-18(8)2)12-10(14)6-9(13)11(16-12)17-15/h6,8H,3-5,7,15H2,1-2H3,(H,16,17). The summed E-state index contributed by atoms with van der Waals surface area (Å²) in [6, 6.07) is 2.19. The summed E-state index contributed by atoms with van der Waals surface area (Å²) in [5, 5.41) is 0.987. The van der Waals surface area contributed by atoms with Gasteiger partial charge in [0.15, 0.2) is 5.82 Å². The van der Waals surface area contributed by atoms with Gasteiger partial charge in [-0.25, -0.2) is 10.8 Å². The Morgan fingerprint density at radius 3 is 2.79 bits per heavy atom. The van der Waals surface area contributed by atoms with Gasteiger partial charge >= 0.3 is 0 Å². The predicted molar refractivity (Wildman–Crippen MR) is 81.0 cm³/mol. The van der Waals surface area contributed by atoms with E-state index in [1.165, 1.54) is 0 Å². The number of hydrazine groups is 1. The molecule has 106 valence electrons. The third-order valence-electron chi connectivity index (χ3n) is 3.60. The molecule has 2 heterocycles. The number of hydrogen-bond acceptors (Lipinski definition) is 5. The quantitative estimate of drug-likeness (QED) is 0.662. The van der Waals surface area contributed by atoms with Crippen molar-refractivity contribution in [1.82, 2.24) is 9.88 Å². The zero-order valence-corrected chi connectivity index (χ0v) is 12.7. The molecule has 19 heavy (non-hydrogen) atoms. The number of anilines is 2. The van der Waals surface area contributed by atoms with E-state index in [4.69, 9.17) is 29.0 Å². The van der Waals surface area contributed by atoms with E-state index in [-0.39, 0.29) is 0 Å². The van der Waals surface area contributed by atoms with E-state index in [0.717, 1.165) is 31.9 Å². The lowest BCUT2D eigenvalue weighted by molar-refractivity contribution is 0.213. The molecule has 1 fully saturated rings. The largest absolute Gasteiger partial charge is 0.352 e. The van der Waals surface area contributed by atoms with Crippen LogP contribution in [0.25, 0.3) is 0 Å². The summed E-state index contributed by atoms with van der Waals surface area (Å²) in [5.41, 5.74) is 2.50. The molecular formula is C12H19Cl2N5. The minimum absolute atomic E-state index is 0.428. The van der Waals surface area contributed by atoms with Crippen molar-refractivity contribution in [2.75, 3.05) is 37.0 Å². The van der Waals surface area contributed by atoms with E-state index in [9.17, 15) is 0 Å². The topological polar surface area (TPSA) is 57.4 Å². The van der Waals surface area contributed by atoms with Gasteiger partial charge in [-0.1, -0.05) is 30.1 Å². The third-order valence-corrected chi connectivity index (χ3v) is 4.16. The molecule has 3 N–H and O–H groups in total. The molecule has 1 atom stereocenters. The number of likely N-dealkylation sites (N-methyl/N-ethyl adjacent to an activating group) is 1. The van der Waals surface area contributed by atoms with E-state index in [1.54, 1.807) is 6.07 Å². The van der Waals surface area contributed by atoms with E-state index in [2.05, 4.69) is 34.2 Å². The number of hydrogen-bond donors (Lipinski definition) is 2. The van der Waals surface area contributed by atoms with Crippen molar-refractivity contribution in [3.63, 3.8) is 0 Å². The Hall–Kier alpha value is -0.750. The van der Waals surface area contributed by atoms with Gasteiger partial charge in [0.2, 0.25) is 0 Å². The fourth-order valence-corrected chi connectivity index (χ4v) is 2.89. The lowest BCUT2D eigenvalue weighted by Crippen LogP contribution is -2.51. The van der Waals surface area contributed by atoms with Crippen LogP contribution in [0.2, 0.25) is 10.0 Å². The minimum Gasteiger partial charge on any atom is -0.352 e. The molecule has 0 spiro atoms. The van der Waals surface area contributed by atoms with Crippen LogP contribution in [0.5, 0.6) is 0 Å². The average Bonchev–Trinajstić information content (AvgIpc) is 2.40. The second-order valence-corrected chi connectivity index (χ2v) is 5.57. The Morgan fingerprint density at radius 1 is 1.42 bits per heavy atom. The molecule has 1 aliphatic heterocycles. The number of rotatable bonds is 3. The number of piperazine rings is 1. The fraction of sp³-hybridized carbons (Fsp3) is 0.583. The van der Waals surface area contributed by atoms with Crippen LogP contribution < -0.4 is 16.2 Å². The maximum absolute atomic E-state index is 6.25. The number of nitrogens with one attached hydrogen (secondary N) is 1. The van der Waals surface area contributed by atoms with Crippen molar-refractivity contribution < 1.29 is 0 Å². The molecule has 0 saturated carbocycles. The predicted octanol–water partition coefficient (Wildman–Crippen LogP) is 2.20. The van der Waals surface area contributed by atoms with Crippen molar-refractivity contribution >= 4 is 34.8 Å². The molecule has 1 unspecified atom stereocenters. The molecule has 1 aromatic rings. The van der Waals surface area contributed by atoms with Gasteiger partial charge in [-0.2, -0.15) is 0 Å². The van der Waals surface area contributed by atoms with E-state index in [1.807, 2.05) is 0 Å². The minimum atomic E-state index is 0.428.